The van der Waals surface area contributed by atoms with Gasteiger partial charge in [-0.15, -0.1) is 0 Å². The van der Waals surface area contributed by atoms with Gasteiger partial charge in [0, 0.05) is 19.2 Å². The van der Waals surface area contributed by atoms with Gasteiger partial charge in [0.15, 0.2) is 0 Å². The Labute approximate surface area is 187 Å². The third-order valence-corrected chi connectivity index (χ3v) is 5.40. The summed E-state index contributed by atoms with van der Waals surface area (Å²) in [5.74, 6) is -0.258. The molecule has 2 aromatic rings. The first-order valence-corrected chi connectivity index (χ1v) is 10.1. The molecule has 1 heterocycles. The second-order valence-electron chi connectivity index (χ2n) is 7.64. The molecule has 32 heavy (non-hydrogen) atoms. The third-order valence-electron chi connectivity index (χ3n) is 5.40. The fraction of sp³-hybridized carbons (Fsp3) is 0.333. The number of Topliss-reactive ketones (excluding diaryl/α,β-unsaturated/α-hetero) is 1. The van der Waals surface area contributed by atoms with Gasteiger partial charge in [0.05, 0.1) is 38.5 Å². The normalized spacial score (nSPS) is 17.7. The fourth-order valence-electron chi connectivity index (χ4n) is 3.72. The number of carbonyl (C=O) groups excluding carboxylic acids is 2. The van der Waals surface area contributed by atoms with E-state index in [4.69, 9.17) is 14.2 Å². The molecule has 3 rings (SSSR count). The molecule has 0 bridgehead atoms. The molecule has 1 amide bonds. The first kappa shape index (κ1) is 23.1. The zero-order chi connectivity index (χ0) is 23.4. The number of carbonyl (C=O) groups is 2. The van der Waals surface area contributed by atoms with Gasteiger partial charge < -0.3 is 29.1 Å². The van der Waals surface area contributed by atoms with Crippen LogP contribution < -0.4 is 14.2 Å². The van der Waals surface area contributed by atoms with Crippen molar-refractivity contribution in [2.24, 2.45) is 0 Å². The fourth-order valence-corrected chi connectivity index (χ4v) is 3.72. The Hall–Kier alpha value is -3.52. The molecular formula is C24H28N2O6. The summed E-state index contributed by atoms with van der Waals surface area (Å²) in [4.78, 5) is 29.5. The molecule has 1 aliphatic heterocycles. The maximum Gasteiger partial charge on any atom is 0.295 e. The SMILES string of the molecule is COc1cccc([C@H]2C(=C(O)c3ccc(OC)cc3OC)C(=O)C(=O)N2CCN(C)C)c1. The number of nitrogens with zero attached hydrogens (tertiary/aromatic N) is 2. The molecular weight excluding hydrogens is 412 g/mol. The van der Waals surface area contributed by atoms with E-state index in [1.165, 1.54) is 19.1 Å². The summed E-state index contributed by atoms with van der Waals surface area (Å²) in [6, 6.07) is 11.2. The quantitative estimate of drug-likeness (QED) is 0.384. The molecule has 0 aliphatic carbocycles. The molecule has 1 aliphatic rings. The van der Waals surface area contributed by atoms with Crippen LogP contribution >= 0.6 is 0 Å². The summed E-state index contributed by atoms with van der Waals surface area (Å²) in [7, 11) is 8.30. The number of hydrogen-bond acceptors (Lipinski definition) is 7. The van der Waals surface area contributed by atoms with E-state index in [1.54, 1.807) is 49.6 Å². The van der Waals surface area contributed by atoms with Gasteiger partial charge in [-0.1, -0.05) is 12.1 Å². The van der Waals surface area contributed by atoms with Crippen molar-refractivity contribution in [2.45, 2.75) is 6.04 Å². The first-order valence-electron chi connectivity index (χ1n) is 10.1. The van der Waals surface area contributed by atoms with Crippen LogP contribution in [-0.4, -0.2) is 75.1 Å². The summed E-state index contributed by atoms with van der Waals surface area (Å²) < 4.78 is 16.0. The van der Waals surface area contributed by atoms with E-state index >= 15 is 0 Å². The van der Waals surface area contributed by atoms with Gasteiger partial charge in [0.1, 0.15) is 23.0 Å². The third kappa shape index (κ3) is 4.40. The maximum atomic E-state index is 13.1. The number of rotatable bonds is 8. The van der Waals surface area contributed by atoms with Crippen molar-refractivity contribution in [3.63, 3.8) is 0 Å². The van der Waals surface area contributed by atoms with Crippen LogP contribution in [0.3, 0.4) is 0 Å². The first-order chi connectivity index (χ1) is 15.3. The second-order valence-corrected chi connectivity index (χ2v) is 7.64. The number of ketones is 1. The van der Waals surface area contributed by atoms with Crippen molar-refractivity contribution in [3.8, 4) is 17.2 Å². The second kappa shape index (κ2) is 9.74. The minimum absolute atomic E-state index is 0.00507. The van der Waals surface area contributed by atoms with Crippen molar-refractivity contribution in [1.82, 2.24) is 9.80 Å². The molecule has 8 heteroatoms. The molecule has 170 valence electrons. The lowest BCUT2D eigenvalue weighted by atomic mass is 9.94. The summed E-state index contributed by atoms with van der Waals surface area (Å²) in [6.07, 6.45) is 0. The lowest BCUT2D eigenvalue weighted by Gasteiger charge is -2.27. The summed E-state index contributed by atoms with van der Waals surface area (Å²) in [6.45, 7) is 0.870. The zero-order valence-electron chi connectivity index (χ0n) is 18.9. The molecule has 0 aromatic heterocycles. The van der Waals surface area contributed by atoms with Crippen molar-refractivity contribution >= 4 is 17.4 Å². The molecule has 0 saturated carbocycles. The highest BCUT2D eigenvalue weighted by atomic mass is 16.5. The van der Waals surface area contributed by atoms with Gasteiger partial charge in [-0.25, -0.2) is 0 Å². The van der Waals surface area contributed by atoms with E-state index in [0.717, 1.165) is 0 Å². The van der Waals surface area contributed by atoms with Crippen LogP contribution in [0.1, 0.15) is 17.2 Å². The summed E-state index contributed by atoms with van der Waals surface area (Å²) >= 11 is 0. The number of hydrogen-bond donors (Lipinski definition) is 1. The Bertz CT molecular complexity index is 1050. The lowest BCUT2D eigenvalue weighted by Crippen LogP contribution is -2.35. The molecule has 8 nitrogen and oxygen atoms in total. The number of likely N-dealkylation sites (tertiary alicyclic amines) is 1. The van der Waals surface area contributed by atoms with Crippen LogP contribution in [0.2, 0.25) is 0 Å². The Morgan fingerprint density at radius 2 is 1.69 bits per heavy atom. The Kier molecular flexibility index (Phi) is 7.05. The average molecular weight is 440 g/mol. The van der Waals surface area contributed by atoms with Gasteiger partial charge >= 0.3 is 0 Å². The molecule has 0 unspecified atom stereocenters. The lowest BCUT2D eigenvalue weighted by molar-refractivity contribution is -0.140. The van der Waals surface area contributed by atoms with Crippen molar-refractivity contribution in [3.05, 3.63) is 59.2 Å². The predicted molar refractivity (Wildman–Crippen MR) is 120 cm³/mol. The number of benzene rings is 2. The Morgan fingerprint density at radius 1 is 1.00 bits per heavy atom. The van der Waals surface area contributed by atoms with Gasteiger partial charge in [-0.2, -0.15) is 0 Å². The standard InChI is InChI=1S/C24H28N2O6/c1-25(2)11-12-26-21(15-7-6-8-16(13-15)30-3)20(23(28)24(26)29)22(27)18-10-9-17(31-4)14-19(18)32-5/h6-10,13-14,21,27H,11-12H2,1-5H3/t21-/m0/s1. The number of amides is 1. The van der Waals surface area contributed by atoms with E-state index in [2.05, 4.69) is 0 Å². The highest BCUT2D eigenvalue weighted by Gasteiger charge is 2.46. The van der Waals surface area contributed by atoms with Crippen LogP contribution in [0.4, 0.5) is 0 Å². The van der Waals surface area contributed by atoms with Crippen molar-refractivity contribution in [2.75, 3.05) is 48.5 Å². The van der Waals surface area contributed by atoms with E-state index < -0.39 is 17.7 Å². The molecule has 1 N–H and O–H groups in total. The monoisotopic (exact) mass is 440 g/mol. The molecule has 1 fully saturated rings. The number of methoxy groups -OCH3 is 3. The molecule has 2 aromatic carbocycles. The number of aliphatic hydroxyl groups excluding tert-OH is 1. The zero-order valence-corrected chi connectivity index (χ0v) is 18.9. The van der Waals surface area contributed by atoms with Crippen molar-refractivity contribution < 1.29 is 28.9 Å². The predicted octanol–water partition coefficient (Wildman–Crippen LogP) is 2.70. The van der Waals surface area contributed by atoms with Crippen LogP contribution in [0.5, 0.6) is 17.2 Å². The smallest absolute Gasteiger partial charge is 0.295 e. The van der Waals surface area contributed by atoms with Crippen LogP contribution in [0.25, 0.3) is 5.76 Å². The number of likely N-dealkylation sites (N-methyl/N-ethyl adjacent to an activating group) is 1. The molecule has 1 saturated heterocycles. The number of aliphatic hydroxyl groups is 1. The van der Waals surface area contributed by atoms with Crippen molar-refractivity contribution in [1.29, 1.82) is 0 Å². The van der Waals surface area contributed by atoms with Crippen LogP contribution in [0.15, 0.2) is 48.0 Å². The molecule has 0 spiro atoms. The maximum absolute atomic E-state index is 13.1. The topological polar surface area (TPSA) is 88.5 Å². The molecule has 1 atom stereocenters. The van der Waals surface area contributed by atoms with E-state index in [1.807, 2.05) is 19.0 Å². The van der Waals surface area contributed by atoms with Crippen LogP contribution in [0, 0.1) is 0 Å². The van der Waals surface area contributed by atoms with Crippen LogP contribution in [-0.2, 0) is 9.59 Å². The highest BCUT2D eigenvalue weighted by Crippen LogP contribution is 2.42. The van der Waals surface area contributed by atoms with E-state index in [-0.39, 0.29) is 11.3 Å². The summed E-state index contributed by atoms with van der Waals surface area (Å²) in [5.41, 5.74) is 0.966. The van der Waals surface area contributed by atoms with E-state index in [9.17, 15) is 14.7 Å². The van der Waals surface area contributed by atoms with E-state index in [0.29, 0.717) is 41.5 Å². The summed E-state index contributed by atoms with van der Waals surface area (Å²) in [5, 5.41) is 11.3. The van der Waals surface area contributed by atoms with Gasteiger partial charge in [-0.3, -0.25) is 9.59 Å². The number of ether oxygens (including phenoxy) is 3. The largest absolute Gasteiger partial charge is 0.507 e. The van der Waals surface area contributed by atoms with Gasteiger partial charge in [0.25, 0.3) is 11.7 Å². The highest BCUT2D eigenvalue weighted by molar-refractivity contribution is 6.46. The minimum Gasteiger partial charge on any atom is -0.507 e. The van der Waals surface area contributed by atoms with Gasteiger partial charge in [-0.05, 0) is 43.9 Å². The Balaban J connectivity index is 2.20. The average Bonchev–Trinajstić information content (AvgIpc) is 3.06. The minimum atomic E-state index is -0.767. The van der Waals surface area contributed by atoms with Gasteiger partial charge in [0.2, 0.25) is 0 Å². The molecule has 0 radical (unpaired) electrons. The Morgan fingerprint density at radius 3 is 2.31 bits per heavy atom.